The Morgan fingerprint density at radius 2 is 1.96 bits per heavy atom. The molecule has 1 aliphatic carbocycles. The Labute approximate surface area is 170 Å². The lowest BCUT2D eigenvalue weighted by atomic mass is 10.2. The van der Waals surface area contributed by atoms with Gasteiger partial charge >= 0.3 is 0 Å². The van der Waals surface area contributed by atoms with Gasteiger partial charge in [-0.05, 0) is 37.7 Å². The van der Waals surface area contributed by atoms with Crippen molar-refractivity contribution >= 4 is 18.1 Å². The van der Waals surface area contributed by atoms with E-state index in [1.54, 1.807) is 0 Å². The number of hydrogen-bond donors (Lipinski definition) is 0. The number of carbonyl (C=O) groups excluding carboxylic acids is 1. The van der Waals surface area contributed by atoms with Gasteiger partial charge in [0.15, 0.2) is 4.77 Å². The predicted molar refractivity (Wildman–Crippen MR) is 109 cm³/mol. The Kier molecular flexibility index (Phi) is 5.89. The van der Waals surface area contributed by atoms with Gasteiger partial charge in [-0.15, -0.1) is 0 Å². The molecule has 0 N–H and O–H groups in total. The zero-order valence-electron chi connectivity index (χ0n) is 16.3. The first kappa shape index (κ1) is 19.3. The highest BCUT2D eigenvalue weighted by Gasteiger charge is 2.30. The molecule has 1 saturated heterocycles. The zero-order chi connectivity index (χ0) is 19.5. The van der Waals surface area contributed by atoms with Gasteiger partial charge in [0.25, 0.3) is 0 Å². The van der Waals surface area contributed by atoms with Crippen LogP contribution < -0.4 is 0 Å². The van der Waals surface area contributed by atoms with E-state index in [4.69, 9.17) is 22.1 Å². The van der Waals surface area contributed by atoms with E-state index in [9.17, 15) is 4.79 Å². The Bertz CT molecular complexity index is 868. The van der Waals surface area contributed by atoms with Crippen LogP contribution in [-0.4, -0.2) is 70.0 Å². The smallest absolute Gasteiger partial charge is 0.236 e. The van der Waals surface area contributed by atoms with Crippen LogP contribution in [0.3, 0.4) is 0 Å². The zero-order valence-corrected chi connectivity index (χ0v) is 17.1. The molecule has 0 spiro atoms. The van der Waals surface area contributed by atoms with Crippen molar-refractivity contribution in [2.24, 2.45) is 0 Å². The van der Waals surface area contributed by atoms with E-state index in [1.807, 2.05) is 39.7 Å². The number of amides is 1. The first-order chi connectivity index (χ1) is 13.6. The number of rotatable bonds is 7. The van der Waals surface area contributed by atoms with Crippen molar-refractivity contribution in [2.45, 2.75) is 32.0 Å². The molecular weight excluding hydrogens is 374 g/mol. The summed E-state index contributed by atoms with van der Waals surface area (Å²) in [4.78, 5) is 16.3. The fourth-order valence-corrected chi connectivity index (χ4v) is 3.79. The number of morpholine rings is 1. The van der Waals surface area contributed by atoms with Gasteiger partial charge in [-0.25, -0.2) is 4.68 Å². The molecule has 0 unspecified atom stereocenters. The van der Waals surface area contributed by atoms with Gasteiger partial charge < -0.3 is 9.64 Å². The molecule has 1 aliphatic heterocycles. The van der Waals surface area contributed by atoms with Crippen molar-refractivity contribution in [2.75, 3.05) is 39.9 Å². The van der Waals surface area contributed by atoms with Crippen molar-refractivity contribution in [3.05, 3.63) is 46.5 Å². The Morgan fingerprint density at radius 3 is 2.64 bits per heavy atom. The third-order valence-corrected chi connectivity index (χ3v) is 5.65. The first-order valence-corrected chi connectivity index (χ1v) is 10.3. The second-order valence-electron chi connectivity index (χ2n) is 7.64. The third-order valence-electron chi connectivity index (χ3n) is 5.22. The van der Waals surface area contributed by atoms with Crippen molar-refractivity contribution < 1.29 is 9.53 Å². The molecule has 28 heavy (non-hydrogen) atoms. The van der Waals surface area contributed by atoms with Crippen molar-refractivity contribution in [1.82, 2.24) is 24.1 Å². The van der Waals surface area contributed by atoms with Crippen LogP contribution in [-0.2, 0) is 22.7 Å². The van der Waals surface area contributed by atoms with Crippen LogP contribution in [0.2, 0.25) is 0 Å². The Balaban J connectivity index is 1.46. The van der Waals surface area contributed by atoms with E-state index in [0.717, 1.165) is 17.1 Å². The second-order valence-corrected chi connectivity index (χ2v) is 8.00. The lowest BCUT2D eigenvalue weighted by molar-refractivity contribution is -0.136. The van der Waals surface area contributed by atoms with E-state index in [1.165, 1.54) is 18.4 Å². The van der Waals surface area contributed by atoms with Gasteiger partial charge in [-0.2, -0.15) is 5.10 Å². The van der Waals surface area contributed by atoms with Gasteiger partial charge in [0.2, 0.25) is 5.91 Å². The Morgan fingerprint density at radius 1 is 1.25 bits per heavy atom. The SMILES string of the molecule is CN(CC(=O)N1CCOCC1)Cn1nc(C2CC2)n(Cc2ccccc2)c1=S. The van der Waals surface area contributed by atoms with Crippen LogP contribution in [0.15, 0.2) is 30.3 Å². The number of ether oxygens (including phenoxy) is 1. The summed E-state index contributed by atoms with van der Waals surface area (Å²) in [6.45, 7) is 4.18. The van der Waals surface area contributed by atoms with Gasteiger partial charge in [-0.3, -0.25) is 14.3 Å². The molecule has 2 heterocycles. The molecular formula is C20H27N5O2S. The maximum atomic E-state index is 12.5. The summed E-state index contributed by atoms with van der Waals surface area (Å²) < 4.78 is 10.1. The fraction of sp³-hybridized carbons (Fsp3) is 0.550. The summed E-state index contributed by atoms with van der Waals surface area (Å²) in [5, 5.41) is 4.82. The summed E-state index contributed by atoms with van der Waals surface area (Å²) in [5.41, 5.74) is 1.22. The van der Waals surface area contributed by atoms with Gasteiger partial charge in [0, 0.05) is 19.0 Å². The molecule has 7 nitrogen and oxygen atoms in total. The molecule has 1 aromatic carbocycles. The Hall–Kier alpha value is -2.03. The van der Waals surface area contributed by atoms with Crippen molar-refractivity contribution in [1.29, 1.82) is 0 Å². The second kappa shape index (κ2) is 8.55. The summed E-state index contributed by atoms with van der Waals surface area (Å²) in [6.07, 6.45) is 2.35. The average molecular weight is 402 g/mol. The highest BCUT2D eigenvalue weighted by Crippen LogP contribution is 2.39. The number of likely N-dealkylation sites (N-methyl/N-ethyl adjacent to an activating group) is 1. The number of nitrogens with zero attached hydrogens (tertiary/aromatic N) is 5. The molecule has 4 rings (SSSR count). The van der Waals surface area contributed by atoms with E-state index < -0.39 is 0 Å². The molecule has 2 fully saturated rings. The van der Waals surface area contributed by atoms with Crippen molar-refractivity contribution in [3.63, 3.8) is 0 Å². The molecule has 1 saturated carbocycles. The minimum atomic E-state index is 0.128. The average Bonchev–Trinajstić information content (AvgIpc) is 3.51. The van der Waals surface area contributed by atoms with E-state index in [-0.39, 0.29) is 5.91 Å². The van der Waals surface area contributed by atoms with Crippen LogP contribution in [0.5, 0.6) is 0 Å². The highest BCUT2D eigenvalue weighted by atomic mass is 32.1. The van der Waals surface area contributed by atoms with Crippen LogP contribution in [0.1, 0.15) is 30.1 Å². The fourth-order valence-electron chi connectivity index (χ4n) is 3.53. The normalized spacial score (nSPS) is 17.3. The highest BCUT2D eigenvalue weighted by molar-refractivity contribution is 7.71. The molecule has 8 heteroatoms. The number of hydrogen-bond acceptors (Lipinski definition) is 5. The van der Waals surface area contributed by atoms with Crippen molar-refractivity contribution in [3.8, 4) is 0 Å². The maximum Gasteiger partial charge on any atom is 0.236 e. The third kappa shape index (κ3) is 4.51. The topological polar surface area (TPSA) is 55.5 Å². The van der Waals surface area contributed by atoms with Gasteiger partial charge in [0.05, 0.1) is 33.0 Å². The van der Waals surface area contributed by atoms with Crippen LogP contribution in [0.25, 0.3) is 0 Å². The van der Waals surface area contributed by atoms with Gasteiger partial charge in [-0.1, -0.05) is 30.3 Å². The van der Waals surface area contributed by atoms with E-state index >= 15 is 0 Å². The number of aromatic nitrogens is 3. The molecule has 1 aromatic heterocycles. The lowest BCUT2D eigenvalue weighted by Crippen LogP contribution is -2.45. The molecule has 0 bridgehead atoms. The number of benzene rings is 1. The first-order valence-electron chi connectivity index (χ1n) is 9.87. The van der Waals surface area contributed by atoms with Crippen LogP contribution >= 0.6 is 12.2 Å². The summed E-state index contributed by atoms with van der Waals surface area (Å²) in [6, 6.07) is 10.3. The molecule has 0 atom stereocenters. The lowest BCUT2D eigenvalue weighted by Gasteiger charge is -2.28. The van der Waals surface area contributed by atoms with E-state index in [2.05, 4.69) is 16.7 Å². The minimum absolute atomic E-state index is 0.128. The quantitative estimate of drug-likeness (QED) is 0.665. The predicted octanol–water partition coefficient (Wildman–Crippen LogP) is 2.09. The van der Waals surface area contributed by atoms with Crippen LogP contribution in [0.4, 0.5) is 0 Å². The summed E-state index contributed by atoms with van der Waals surface area (Å²) >= 11 is 5.74. The molecule has 2 aromatic rings. The minimum Gasteiger partial charge on any atom is -0.378 e. The molecule has 150 valence electrons. The monoisotopic (exact) mass is 401 g/mol. The van der Waals surface area contributed by atoms with E-state index in [0.29, 0.717) is 45.4 Å². The van der Waals surface area contributed by atoms with Crippen LogP contribution in [0, 0.1) is 4.77 Å². The summed E-state index contributed by atoms with van der Waals surface area (Å²) in [5.74, 6) is 1.71. The van der Waals surface area contributed by atoms with Gasteiger partial charge in [0.1, 0.15) is 5.82 Å². The maximum absolute atomic E-state index is 12.5. The molecule has 0 radical (unpaired) electrons. The molecule has 2 aliphatic rings. The largest absolute Gasteiger partial charge is 0.378 e. The summed E-state index contributed by atoms with van der Waals surface area (Å²) in [7, 11) is 1.94. The molecule has 1 amide bonds. The number of carbonyl (C=O) groups is 1. The standard InChI is InChI=1S/C20H27N5O2S/c1-22(14-18(26)23-9-11-27-12-10-23)15-25-20(28)24(19(21-25)17-7-8-17)13-16-5-3-2-4-6-16/h2-6,17H,7-15H2,1H3.